The lowest BCUT2D eigenvalue weighted by Crippen LogP contribution is -2.16. The van der Waals surface area contributed by atoms with E-state index in [1.54, 1.807) is 14.2 Å². The smallest absolute Gasteiger partial charge is 0.179 e. The third-order valence-electron chi connectivity index (χ3n) is 4.08. The van der Waals surface area contributed by atoms with Crippen LogP contribution in [0.15, 0.2) is 53.5 Å². The van der Waals surface area contributed by atoms with Crippen LogP contribution in [0.2, 0.25) is 5.02 Å². The Hall–Kier alpha value is -2.72. The predicted octanol–water partition coefficient (Wildman–Crippen LogP) is 5.01. The van der Waals surface area contributed by atoms with Gasteiger partial charge < -0.3 is 14.8 Å². The number of methoxy groups -OCH3 is 2. The molecule has 1 aliphatic rings. The highest BCUT2D eigenvalue weighted by Gasteiger charge is 2.18. The van der Waals surface area contributed by atoms with E-state index in [-0.39, 0.29) is 0 Å². The van der Waals surface area contributed by atoms with Crippen LogP contribution in [0.3, 0.4) is 0 Å². The number of anilines is 1. The average Bonchev–Trinajstić information content (AvgIpc) is 2.61. The number of aliphatic imine (C=N–C) groups is 1. The number of amidine groups is 1. The molecule has 0 spiro atoms. The van der Waals surface area contributed by atoms with Crippen molar-refractivity contribution in [3.05, 3.63) is 59.1 Å². The zero-order valence-corrected chi connectivity index (χ0v) is 14.0. The first-order valence-electron chi connectivity index (χ1n) is 7.50. The van der Waals surface area contributed by atoms with Crippen LogP contribution in [0.4, 0.5) is 11.4 Å². The third-order valence-corrected chi connectivity index (χ3v) is 4.36. The predicted molar refractivity (Wildman–Crippen MR) is 98.3 cm³/mol. The van der Waals surface area contributed by atoms with Gasteiger partial charge in [-0.1, -0.05) is 35.9 Å². The molecule has 1 heterocycles. The Morgan fingerprint density at radius 2 is 1.79 bits per heavy atom. The van der Waals surface area contributed by atoms with Crippen molar-refractivity contribution >= 4 is 39.6 Å². The summed E-state index contributed by atoms with van der Waals surface area (Å²) in [5, 5.41) is 6.15. The maximum absolute atomic E-state index is 6.33. The molecule has 24 heavy (non-hydrogen) atoms. The number of hydrogen-bond donors (Lipinski definition) is 1. The molecule has 1 aliphatic heterocycles. The van der Waals surface area contributed by atoms with E-state index >= 15 is 0 Å². The van der Waals surface area contributed by atoms with Crippen molar-refractivity contribution in [1.29, 1.82) is 0 Å². The minimum Gasteiger partial charge on any atom is -0.493 e. The number of nitrogens with zero attached hydrogens (tertiary/aromatic N) is 1. The summed E-state index contributed by atoms with van der Waals surface area (Å²) in [6, 6.07) is 15.9. The second kappa shape index (κ2) is 5.73. The molecule has 0 bridgehead atoms. The molecule has 0 amide bonds. The normalized spacial score (nSPS) is 12.5. The molecule has 0 saturated carbocycles. The van der Waals surface area contributed by atoms with Gasteiger partial charge in [0, 0.05) is 16.6 Å². The van der Waals surface area contributed by atoms with E-state index in [1.807, 2.05) is 36.4 Å². The fourth-order valence-electron chi connectivity index (χ4n) is 2.99. The molecule has 3 aromatic carbocycles. The number of nitrogens with one attached hydrogen (secondary N) is 1. The van der Waals surface area contributed by atoms with Crippen molar-refractivity contribution in [2.75, 3.05) is 19.5 Å². The van der Waals surface area contributed by atoms with Crippen molar-refractivity contribution in [2.45, 2.75) is 0 Å². The first-order valence-corrected chi connectivity index (χ1v) is 7.88. The minimum atomic E-state index is 0.480. The largest absolute Gasteiger partial charge is 0.493 e. The molecular formula is C19H15ClN2O2. The number of benzene rings is 3. The van der Waals surface area contributed by atoms with Crippen molar-refractivity contribution < 1.29 is 9.47 Å². The van der Waals surface area contributed by atoms with Crippen molar-refractivity contribution in [2.24, 2.45) is 4.99 Å². The van der Waals surface area contributed by atoms with E-state index in [1.165, 1.54) is 0 Å². The van der Waals surface area contributed by atoms with Crippen LogP contribution in [0.25, 0.3) is 10.8 Å². The van der Waals surface area contributed by atoms with Gasteiger partial charge in [-0.2, -0.15) is 0 Å². The van der Waals surface area contributed by atoms with Gasteiger partial charge in [-0.25, -0.2) is 4.99 Å². The monoisotopic (exact) mass is 338 g/mol. The number of ether oxygens (including phenoxy) is 2. The van der Waals surface area contributed by atoms with Crippen LogP contribution in [-0.4, -0.2) is 20.1 Å². The molecule has 3 aromatic rings. The molecule has 120 valence electrons. The average molecular weight is 339 g/mol. The molecule has 0 atom stereocenters. The van der Waals surface area contributed by atoms with E-state index in [4.69, 9.17) is 26.1 Å². The third kappa shape index (κ3) is 2.27. The minimum absolute atomic E-state index is 0.480. The van der Waals surface area contributed by atoms with Crippen molar-refractivity contribution in [3.8, 4) is 11.5 Å². The highest BCUT2D eigenvalue weighted by atomic mass is 35.5. The summed E-state index contributed by atoms with van der Waals surface area (Å²) in [5.74, 6) is 1.81. The Kier molecular flexibility index (Phi) is 3.54. The molecule has 4 nitrogen and oxygen atoms in total. The van der Waals surface area contributed by atoms with Gasteiger partial charge in [0.15, 0.2) is 11.5 Å². The standard InChI is InChI=1S/C19H15ClN2O2/c1-23-16-10-12(9-13(20)18(16)24-2)19-21-14-7-3-5-11-6-4-8-15(22-19)17(11)14/h3-10H,1-2H3,(H,21,22). The van der Waals surface area contributed by atoms with Crippen LogP contribution in [0.5, 0.6) is 11.5 Å². The number of rotatable bonds is 3. The summed E-state index contributed by atoms with van der Waals surface area (Å²) < 4.78 is 10.7. The summed E-state index contributed by atoms with van der Waals surface area (Å²) in [6.07, 6.45) is 0. The van der Waals surface area contributed by atoms with E-state index in [2.05, 4.69) is 17.4 Å². The lowest BCUT2D eigenvalue weighted by atomic mass is 10.0. The first kappa shape index (κ1) is 14.8. The molecule has 0 aromatic heterocycles. The topological polar surface area (TPSA) is 42.8 Å². The lowest BCUT2D eigenvalue weighted by Gasteiger charge is -2.20. The molecule has 0 fully saturated rings. The Labute approximate surface area is 144 Å². The van der Waals surface area contributed by atoms with Gasteiger partial charge in [-0.3, -0.25) is 0 Å². The van der Waals surface area contributed by atoms with E-state index in [0.29, 0.717) is 16.5 Å². The first-order chi connectivity index (χ1) is 11.7. The summed E-state index contributed by atoms with van der Waals surface area (Å²) in [6.45, 7) is 0. The quantitative estimate of drug-likeness (QED) is 0.729. The van der Waals surface area contributed by atoms with Gasteiger partial charge in [0.2, 0.25) is 0 Å². The highest BCUT2D eigenvalue weighted by molar-refractivity contribution is 6.33. The number of hydrogen-bond acceptors (Lipinski definition) is 4. The van der Waals surface area contributed by atoms with Crippen molar-refractivity contribution in [3.63, 3.8) is 0 Å². The van der Waals surface area contributed by atoms with Crippen molar-refractivity contribution in [1.82, 2.24) is 0 Å². The van der Waals surface area contributed by atoms with E-state index < -0.39 is 0 Å². The Morgan fingerprint density at radius 1 is 1.00 bits per heavy atom. The van der Waals surface area contributed by atoms with Crippen LogP contribution < -0.4 is 14.8 Å². The Balaban J connectivity index is 1.88. The second-order valence-corrected chi connectivity index (χ2v) is 5.87. The van der Waals surface area contributed by atoms with Crippen LogP contribution in [-0.2, 0) is 0 Å². The Morgan fingerprint density at radius 3 is 2.54 bits per heavy atom. The summed E-state index contributed by atoms with van der Waals surface area (Å²) in [7, 11) is 3.15. The maximum Gasteiger partial charge on any atom is 0.179 e. The maximum atomic E-state index is 6.33. The van der Waals surface area contributed by atoms with Gasteiger partial charge in [-0.05, 0) is 29.7 Å². The Bertz CT molecular complexity index is 977. The van der Waals surface area contributed by atoms with Gasteiger partial charge in [0.25, 0.3) is 0 Å². The van der Waals surface area contributed by atoms with Crippen LogP contribution >= 0.6 is 11.6 Å². The fraction of sp³-hybridized carbons (Fsp3) is 0.105. The zero-order valence-electron chi connectivity index (χ0n) is 13.3. The molecule has 4 rings (SSSR count). The molecule has 0 aliphatic carbocycles. The van der Waals surface area contributed by atoms with Crippen LogP contribution in [0.1, 0.15) is 5.56 Å². The molecule has 0 radical (unpaired) electrons. The molecule has 0 unspecified atom stereocenters. The second-order valence-electron chi connectivity index (χ2n) is 5.46. The summed E-state index contributed by atoms with van der Waals surface area (Å²) >= 11 is 6.33. The number of halogens is 1. The summed E-state index contributed by atoms with van der Waals surface area (Å²) in [4.78, 5) is 4.76. The van der Waals surface area contributed by atoms with Crippen LogP contribution in [0, 0.1) is 0 Å². The molecule has 5 heteroatoms. The zero-order chi connectivity index (χ0) is 16.7. The lowest BCUT2D eigenvalue weighted by molar-refractivity contribution is 0.355. The SMILES string of the molecule is COc1cc(C2=Nc3cccc4cccc(c34)N2)cc(Cl)c1OC. The fourth-order valence-corrected chi connectivity index (χ4v) is 3.27. The molecular weight excluding hydrogens is 324 g/mol. The highest BCUT2D eigenvalue weighted by Crippen LogP contribution is 2.39. The molecule has 1 N–H and O–H groups in total. The van der Waals surface area contributed by atoms with Gasteiger partial charge in [-0.15, -0.1) is 0 Å². The van der Waals surface area contributed by atoms with E-state index in [0.717, 1.165) is 33.5 Å². The summed E-state index contributed by atoms with van der Waals surface area (Å²) in [5.41, 5.74) is 2.80. The van der Waals surface area contributed by atoms with Gasteiger partial charge >= 0.3 is 0 Å². The van der Waals surface area contributed by atoms with E-state index in [9.17, 15) is 0 Å². The van der Waals surface area contributed by atoms with Gasteiger partial charge in [0.1, 0.15) is 5.84 Å². The van der Waals surface area contributed by atoms with Gasteiger partial charge in [0.05, 0.1) is 24.9 Å². The molecule has 0 saturated heterocycles.